The second kappa shape index (κ2) is 6.69. The summed E-state index contributed by atoms with van der Waals surface area (Å²) in [6, 6.07) is 3.64. The molecule has 0 unspecified atom stereocenters. The average molecular weight is 271 g/mol. The molecule has 19 heavy (non-hydrogen) atoms. The monoisotopic (exact) mass is 271 g/mol. The molecule has 3 N–H and O–H groups in total. The lowest BCUT2D eigenvalue weighted by molar-refractivity contribution is 0.0950. The van der Waals surface area contributed by atoms with E-state index in [2.05, 4.69) is 22.1 Å². The van der Waals surface area contributed by atoms with Crippen LogP contribution in [0.2, 0.25) is 0 Å². The smallest absolute Gasteiger partial charge is 0.252 e. The number of hydrogen-bond donors (Lipinski definition) is 2. The van der Waals surface area contributed by atoms with Crippen molar-refractivity contribution in [1.82, 2.24) is 10.3 Å². The number of thiophene rings is 1. The number of hydrogen-bond acceptors (Lipinski definition) is 4. The molecule has 0 radical (unpaired) electrons. The van der Waals surface area contributed by atoms with E-state index in [1.165, 1.54) is 0 Å². The molecule has 2 heterocycles. The van der Waals surface area contributed by atoms with Crippen molar-refractivity contribution in [2.45, 2.75) is 6.54 Å². The van der Waals surface area contributed by atoms with Gasteiger partial charge >= 0.3 is 0 Å². The van der Waals surface area contributed by atoms with E-state index in [1.807, 2.05) is 16.8 Å². The molecular weight excluding hydrogens is 258 g/mol. The number of nitrogens with one attached hydrogen (secondary N) is 1. The minimum absolute atomic E-state index is 0.157. The molecule has 5 heteroatoms. The summed E-state index contributed by atoms with van der Waals surface area (Å²) < 4.78 is 0. The van der Waals surface area contributed by atoms with Crippen molar-refractivity contribution in [3.63, 3.8) is 0 Å². The molecule has 0 saturated heterocycles. The molecule has 2 rings (SSSR count). The van der Waals surface area contributed by atoms with Crippen molar-refractivity contribution in [2.75, 3.05) is 6.54 Å². The van der Waals surface area contributed by atoms with Gasteiger partial charge in [0.25, 0.3) is 5.91 Å². The van der Waals surface area contributed by atoms with Crippen LogP contribution >= 0.6 is 11.3 Å². The van der Waals surface area contributed by atoms with E-state index < -0.39 is 0 Å². The fraction of sp³-hybridized carbons (Fsp3) is 0.143. The van der Waals surface area contributed by atoms with Gasteiger partial charge in [0, 0.05) is 18.9 Å². The van der Waals surface area contributed by atoms with Crippen LogP contribution in [-0.2, 0) is 6.54 Å². The van der Waals surface area contributed by atoms with Crippen molar-refractivity contribution in [3.8, 4) is 11.8 Å². The van der Waals surface area contributed by atoms with Crippen molar-refractivity contribution >= 4 is 17.2 Å². The molecule has 0 fully saturated rings. The normalized spacial score (nSPS) is 9.53. The van der Waals surface area contributed by atoms with E-state index in [0.717, 1.165) is 5.56 Å². The van der Waals surface area contributed by atoms with Crippen LogP contribution in [0, 0.1) is 11.8 Å². The molecule has 0 atom stereocenters. The molecule has 2 aromatic rings. The lowest BCUT2D eigenvalue weighted by atomic mass is 10.1. The maximum atomic E-state index is 12.1. The fourth-order valence-electron chi connectivity index (χ4n) is 1.51. The number of aromatic nitrogens is 1. The third-order valence-corrected chi connectivity index (χ3v) is 3.16. The summed E-state index contributed by atoms with van der Waals surface area (Å²) in [6.07, 6.45) is 3.15. The van der Waals surface area contributed by atoms with Gasteiger partial charge in [-0.1, -0.05) is 11.8 Å². The van der Waals surface area contributed by atoms with Gasteiger partial charge in [-0.2, -0.15) is 11.3 Å². The van der Waals surface area contributed by atoms with E-state index in [9.17, 15) is 4.79 Å². The van der Waals surface area contributed by atoms with Crippen LogP contribution < -0.4 is 11.1 Å². The molecule has 0 aromatic carbocycles. The van der Waals surface area contributed by atoms with Crippen LogP contribution in [0.4, 0.5) is 0 Å². The largest absolute Gasteiger partial charge is 0.348 e. The summed E-state index contributed by atoms with van der Waals surface area (Å²) in [5.74, 6) is 5.42. The average Bonchev–Trinajstić information content (AvgIpc) is 2.96. The Kier molecular flexibility index (Phi) is 4.67. The lowest BCUT2D eigenvalue weighted by Crippen LogP contribution is -2.23. The zero-order chi connectivity index (χ0) is 13.5. The number of rotatable bonds is 3. The van der Waals surface area contributed by atoms with Crippen LogP contribution in [0.15, 0.2) is 35.3 Å². The summed E-state index contributed by atoms with van der Waals surface area (Å²) in [4.78, 5) is 16.1. The second-order valence-corrected chi connectivity index (χ2v) is 4.52. The Morgan fingerprint density at radius 2 is 2.37 bits per heavy atom. The van der Waals surface area contributed by atoms with Crippen LogP contribution in [0.1, 0.15) is 21.5 Å². The molecule has 0 bridgehead atoms. The number of carbonyl (C=O) groups is 1. The standard InChI is InChI=1S/C14H13N3OS/c15-5-1-2-12-9-16-6-3-13(12)14(18)17-8-11-4-7-19-10-11/h3-4,6-7,9-10H,5,8,15H2,(H,17,18). The first-order chi connectivity index (χ1) is 9.31. The Bertz CT molecular complexity index is 611. The van der Waals surface area contributed by atoms with Crippen molar-refractivity contribution in [2.24, 2.45) is 5.73 Å². The third kappa shape index (κ3) is 3.65. The molecular formula is C14H13N3OS. The highest BCUT2D eigenvalue weighted by Crippen LogP contribution is 2.08. The molecule has 0 aliphatic heterocycles. The topological polar surface area (TPSA) is 68.0 Å². The van der Waals surface area contributed by atoms with E-state index >= 15 is 0 Å². The first-order valence-electron chi connectivity index (χ1n) is 5.73. The van der Waals surface area contributed by atoms with Crippen LogP contribution in [0.25, 0.3) is 0 Å². The lowest BCUT2D eigenvalue weighted by Gasteiger charge is -2.05. The van der Waals surface area contributed by atoms with Gasteiger partial charge < -0.3 is 11.1 Å². The number of pyridine rings is 1. The highest BCUT2D eigenvalue weighted by atomic mass is 32.1. The van der Waals surface area contributed by atoms with Crippen LogP contribution in [-0.4, -0.2) is 17.4 Å². The van der Waals surface area contributed by atoms with Gasteiger partial charge in [0.15, 0.2) is 0 Å². The van der Waals surface area contributed by atoms with Crippen molar-refractivity contribution < 1.29 is 4.79 Å². The fourth-order valence-corrected chi connectivity index (χ4v) is 2.18. The third-order valence-electron chi connectivity index (χ3n) is 2.42. The van der Waals surface area contributed by atoms with Gasteiger partial charge in [0.2, 0.25) is 0 Å². The van der Waals surface area contributed by atoms with Gasteiger partial charge in [0.1, 0.15) is 0 Å². The number of nitrogens with two attached hydrogens (primary N) is 1. The van der Waals surface area contributed by atoms with Gasteiger partial charge in [-0.25, -0.2) is 0 Å². The molecule has 96 valence electrons. The Morgan fingerprint density at radius 3 is 3.11 bits per heavy atom. The Balaban J connectivity index is 2.10. The SMILES string of the molecule is NCC#Cc1cnccc1C(=O)NCc1ccsc1. The number of amides is 1. The quantitative estimate of drug-likeness (QED) is 0.829. The maximum absolute atomic E-state index is 12.1. The van der Waals surface area contributed by atoms with Gasteiger partial charge in [-0.15, -0.1) is 0 Å². The van der Waals surface area contributed by atoms with Crippen molar-refractivity contribution in [3.05, 3.63) is 52.0 Å². The van der Waals surface area contributed by atoms with Gasteiger partial charge in [-0.05, 0) is 28.5 Å². The number of nitrogens with zero attached hydrogens (tertiary/aromatic N) is 1. The molecule has 0 spiro atoms. The first-order valence-corrected chi connectivity index (χ1v) is 6.68. The van der Waals surface area contributed by atoms with E-state index in [0.29, 0.717) is 17.7 Å². The minimum atomic E-state index is -0.157. The predicted octanol–water partition coefficient (Wildman–Crippen LogP) is 1.38. The molecule has 0 saturated carbocycles. The summed E-state index contributed by atoms with van der Waals surface area (Å²) in [5.41, 5.74) is 7.53. The molecule has 0 aliphatic carbocycles. The van der Waals surface area contributed by atoms with Crippen LogP contribution in [0.5, 0.6) is 0 Å². The van der Waals surface area contributed by atoms with E-state index in [4.69, 9.17) is 5.73 Å². The van der Waals surface area contributed by atoms with E-state index in [-0.39, 0.29) is 12.5 Å². The Hall–Kier alpha value is -2.16. The van der Waals surface area contributed by atoms with Crippen LogP contribution in [0.3, 0.4) is 0 Å². The van der Waals surface area contributed by atoms with E-state index in [1.54, 1.807) is 29.8 Å². The summed E-state index contributed by atoms with van der Waals surface area (Å²) in [7, 11) is 0. The van der Waals surface area contributed by atoms with Crippen molar-refractivity contribution in [1.29, 1.82) is 0 Å². The Labute approximate surface area is 115 Å². The summed E-state index contributed by atoms with van der Waals surface area (Å²) in [6.45, 7) is 0.763. The highest BCUT2D eigenvalue weighted by molar-refractivity contribution is 7.07. The first kappa shape index (κ1) is 13.3. The molecule has 4 nitrogen and oxygen atoms in total. The zero-order valence-electron chi connectivity index (χ0n) is 10.2. The maximum Gasteiger partial charge on any atom is 0.252 e. The highest BCUT2D eigenvalue weighted by Gasteiger charge is 2.09. The Morgan fingerprint density at radius 1 is 1.47 bits per heavy atom. The summed E-state index contributed by atoms with van der Waals surface area (Å²) in [5, 5.41) is 6.84. The van der Waals surface area contributed by atoms with Gasteiger partial charge in [0.05, 0.1) is 17.7 Å². The zero-order valence-corrected chi connectivity index (χ0v) is 11.0. The summed E-state index contributed by atoms with van der Waals surface area (Å²) >= 11 is 1.60. The molecule has 2 aromatic heterocycles. The predicted molar refractivity (Wildman–Crippen MR) is 75.7 cm³/mol. The molecule has 0 aliphatic rings. The minimum Gasteiger partial charge on any atom is -0.348 e. The number of carbonyl (C=O) groups excluding carboxylic acids is 1. The van der Waals surface area contributed by atoms with Gasteiger partial charge in [-0.3, -0.25) is 9.78 Å². The second-order valence-electron chi connectivity index (χ2n) is 3.74. The molecule has 1 amide bonds.